The second kappa shape index (κ2) is 5.50. The van der Waals surface area contributed by atoms with Crippen LogP contribution in [0, 0.1) is 5.82 Å². The molecule has 3 rings (SSSR count). The minimum absolute atomic E-state index is 0.0284. The van der Waals surface area contributed by atoms with E-state index in [0.29, 0.717) is 23.4 Å². The van der Waals surface area contributed by atoms with Gasteiger partial charge >= 0.3 is 0 Å². The van der Waals surface area contributed by atoms with E-state index in [-0.39, 0.29) is 11.9 Å². The average molecular weight is 296 g/mol. The van der Waals surface area contributed by atoms with Crippen LogP contribution in [0.25, 0.3) is 0 Å². The first-order chi connectivity index (χ1) is 9.63. The number of aromatic nitrogens is 2. The van der Waals surface area contributed by atoms with Crippen LogP contribution in [-0.4, -0.2) is 10.2 Å². The van der Waals surface area contributed by atoms with E-state index in [1.807, 2.05) is 6.92 Å². The lowest BCUT2D eigenvalue weighted by Gasteiger charge is -2.14. The van der Waals surface area contributed by atoms with Crippen LogP contribution >= 0.6 is 11.6 Å². The van der Waals surface area contributed by atoms with Crippen molar-refractivity contribution in [3.8, 4) is 0 Å². The lowest BCUT2D eigenvalue weighted by Crippen LogP contribution is -2.18. The summed E-state index contributed by atoms with van der Waals surface area (Å²) in [5, 5.41) is 11.7. The van der Waals surface area contributed by atoms with Gasteiger partial charge in [0.25, 0.3) is 0 Å². The zero-order valence-electron chi connectivity index (χ0n) is 11.1. The first kappa shape index (κ1) is 13.5. The van der Waals surface area contributed by atoms with Crippen molar-refractivity contribution < 1.29 is 8.81 Å². The van der Waals surface area contributed by atoms with Crippen molar-refractivity contribution in [3.05, 3.63) is 46.4 Å². The molecule has 4 nitrogen and oxygen atoms in total. The van der Waals surface area contributed by atoms with Gasteiger partial charge in [-0.25, -0.2) is 4.39 Å². The first-order valence-corrected chi connectivity index (χ1v) is 7.02. The van der Waals surface area contributed by atoms with Gasteiger partial charge in [0.15, 0.2) is 0 Å². The molecule has 0 aliphatic heterocycles. The number of hydrogen-bond acceptors (Lipinski definition) is 4. The van der Waals surface area contributed by atoms with Crippen molar-refractivity contribution in [1.82, 2.24) is 15.5 Å². The van der Waals surface area contributed by atoms with Crippen LogP contribution in [0.4, 0.5) is 4.39 Å². The number of nitrogens with zero attached hydrogens (tertiary/aromatic N) is 2. The Balaban J connectivity index is 1.61. The van der Waals surface area contributed by atoms with Crippen LogP contribution in [-0.2, 0) is 6.54 Å². The summed E-state index contributed by atoms with van der Waals surface area (Å²) in [5.41, 5.74) is 0.843. The van der Waals surface area contributed by atoms with E-state index in [1.165, 1.54) is 12.1 Å². The molecule has 0 spiro atoms. The summed E-state index contributed by atoms with van der Waals surface area (Å²) in [6.45, 7) is 2.42. The number of hydrogen-bond donors (Lipinski definition) is 1. The molecule has 1 N–H and O–H groups in total. The normalized spacial score (nSPS) is 16.4. The van der Waals surface area contributed by atoms with Crippen LogP contribution in [0.2, 0.25) is 5.02 Å². The monoisotopic (exact) mass is 295 g/mol. The molecule has 0 amide bonds. The molecule has 1 aromatic heterocycles. The molecule has 1 atom stereocenters. The van der Waals surface area contributed by atoms with Crippen molar-refractivity contribution in [2.75, 3.05) is 0 Å². The van der Waals surface area contributed by atoms with Crippen LogP contribution in [0.5, 0.6) is 0 Å². The molecule has 0 radical (unpaired) electrons. The predicted molar refractivity (Wildman–Crippen MR) is 72.9 cm³/mol. The van der Waals surface area contributed by atoms with Gasteiger partial charge in [0, 0.05) is 17.0 Å². The predicted octanol–water partition coefficient (Wildman–Crippen LogP) is 3.59. The van der Waals surface area contributed by atoms with Gasteiger partial charge < -0.3 is 9.73 Å². The fourth-order valence-electron chi connectivity index (χ4n) is 2.04. The Bertz CT molecular complexity index is 612. The fourth-order valence-corrected chi connectivity index (χ4v) is 2.37. The first-order valence-electron chi connectivity index (χ1n) is 6.64. The van der Waals surface area contributed by atoms with Gasteiger partial charge in [-0.3, -0.25) is 0 Å². The highest BCUT2D eigenvalue weighted by molar-refractivity contribution is 6.31. The lowest BCUT2D eigenvalue weighted by atomic mass is 10.1. The van der Waals surface area contributed by atoms with Crippen LogP contribution in [0.1, 0.15) is 49.1 Å². The van der Waals surface area contributed by atoms with Crippen molar-refractivity contribution in [1.29, 1.82) is 0 Å². The Labute approximate surface area is 121 Å². The molecule has 106 valence electrons. The minimum Gasteiger partial charge on any atom is -0.424 e. The van der Waals surface area contributed by atoms with Crippen LogP contribution in [0.3, 0.4) is 0 Å². The third-order valence-electron chi connectivity index (χ3n) is 3.40. The second-order valence-corrected chi connectivity index (χ2v) is 5.48. The maximum atomic E-state index is 13.0. The van der Waals surface area contributed by atoms with Gasteiger partial charge in [-0.1, -0.05) is 17.7 Å². The molecule has 1 saturated carbocycles. The highest BCUT2D eigenvalue weighted by atomic mass is 35.5. The number of rotatable bonds is 5. The van der Waals surface area contributed by atoms with Gasteiger partial charge in [-0.15, -0.1) is 10.2 Å². The molecule has 0 bridgehead atoms. The molecule has 6 heteroatoms. The van der Waals surface area contributed by atoms with E-state index in [2.05, 4.69) is 15.5 Å². The molecule has 0 unspecified atom stereocenters. The Morgan fingerprint density at radius 3 is 2.95 bits per heavy atom. The van der Waals surface area contributed by atoms with Gasteiger partial charge in [-0.05, 0) is 37.5 Å². The highest BCUT2D eigenvalue weighted by Gasteiger charge is 2.29. The second-order valence-electron chi connectivity index (χ2n) is 5.08. The van der Waals surface area contributed by atoms with Gasteiger partial charge in [0.1, 0.15) is 5.82 Å². The lowest BCUT2D eigenvalue weighted by molar-refractivity contribution is 0.419. The maximum Gasteiger partial charge on any atom is 0.230 e. The van der Waals surface area contributed by atoms with Gasteiger partial charge in [0.05, 0.1) is 6.54 Å². The number of halogens is 2. The summed E-state index contributed by atoms with van der Waals surface area (Å²) in [4.78, 5) is 0. The molecule has 1 aromatic carbocycles. The molecule has 0 saturated heterocycles. The van der Waals surface area contributed by atoms with E-state index >= 15 is 0 Å². The summed E-state index contributed by atoms with van der Waals surface area (Å²) in [7, 11) is 0. The van der Waals surface area contributed by atoms with E-state index in [1.54, 1.807) is 6.07 Å². The van der Waals surface area contributed by atoms with Gasteiger partial charge in [-0.2, -0.15) is 0 Å². The summed E-state index contributed by atoms with van der Waals surface area (Å²) in [6, 6.07) is 4.36. The van der Waals surface area contributed by atoms with Crippen LogP contribution in [0.15, 0.2) is 22.6 Å². The smallest absolute Gasteiger partial charge is 0.230 e. The Morgan fingerprint density at radius 1 is 1.45 bits per heavy atom. The van der Waals surface area contributed by atoms with Crippen molar-refractivity contribution in [2.45, 2.75) is 38.3 Å². The topological polar surface area (TPSA) is 51.0 Å². The quantitative estimate of drug-likeness (QED) is 0.916. The third-order valence-corrected chi connectivity index (χ3v) is 3.72. The summed E-state index contributed by atoms with van der Waals surface area (Å²) >= 11 is 6.03. The third kappa shape index (κ3) is 2.99. The molecular formula is C14H15ClFN3O. The van der Waals surface area contributed by atoms with E-state index < -0.39 is 0 Å². The highest BCUT2D eigenvalue weighted by Crippen LogP contribution is 2.39. The zero-order valence-corrected chi connectivity index (χ0v) is 11.8. The number of nitrogens with one attached hydrogen (secondary N) is 1. The molecule has 1 aliphatic carbocycles. The van der Waals surface area contributed by atoms with E-state index in [4.69, 9.17) is 16.0 Å². The fraction of sp³-hybridized carbons (Fsp3) is 0.429. The number of benzene rings is 1. The Morgan fingerprint density at radius 2 is 2.25 bits per heavy atom. The summed E-state index contributed by atoms with van der Waals surface area (Å²) in [6.07, 6.45) is 2.27. The molecule has 1 fully saturated rings. The van der Waals surface area contributed by atoms with Crippen molar-refractivity contribution in [3.63, 3.8) is 0 Å². The Hall–Kier alpha value is -1.46. The van der Waals surface area contributed by atoms with Gasteiger partial charge in [0.2, 0.25) is 11.8 Å². The zero-order chi connectivity index (χ0) is 14.1. The standard InChI is InChI=1S/C14H15ClFN3O/c1-8(11-5-4-10(16)6-12(11)15)17-7-13-18-19-14(20-13)9-2-3-9/h4-6,8-9,17H,2-3,7H2,1H3/t8-/m0/s1. The summed E-state index contributed by atoms with van der Waals surface area (Å²) in [5.74, 6) is 1.42. The largest absolute Gasteiger partial charge is 0.424 e. The molecule has 1 heterocycles. The molecule has 2 aromatic rings. The summed E-state index contributed by atoms with van der Waals surface area (Å²) < 4.78 is 18.6. The Kier molecular flexibility index (Phi) is 3.72. The minimum atomic E-state index is -0.336. The van der Waals surface area contributed by atoms with Crippen molar-refractivity contribution in [2.24, 2.45) is 0 Å². The van der Waals surface area contributed by atoms with E-state index in [0.717, 1.165) is 24.3 Å². The molecule has 20 heavy (non-hydrogen) atoms. The SMILES string of the molecule is C[C@H](NCc1nnc(C2CC2)o1)c1ccc(F)cc1Cl. The van der Waals surface area contributed by atoms with E-state index in [9.17, 15) is 4.39 Å². The average Bonchev–Trinajstić information content (AvgIpc) is 3.15. The molecule has 1 aliphatic rings. The maximum absolute atomic E-state index is 13.0. The van der Waals surface area contributed by atoms with Crippen LogP contribution < -0.4 is 5.32 Å². The van der Waals surface area contributed by atoms with Crippen molar-refractivity contribution >= 4 is 11.6 Å². The molecular weight excluding hydrogens is 281 g/mol.